The lowest BCUT2D eigenvalue weighted by Crippen LogP contribution is -2.31. The Labute approximate surface area is 173 Å². The van der Waals surface area contributed by atoms with E-state index in [1.807, 2.05) is 12.1 Å². The molecule has 1 aliphatic rings. The number of fused-ring (bicyclic) bond motifs is 1. The van der Waals surface area contributed by atoms with Gasteiger partial charge in [-0.1, -0.05) is 19.9 Å². The molecule has 1 unspecified atom stereocenters. The summed E-state index contributed by atoms with van der Waals surface area (Å²) in [5, 5.41) is 13.5. The lowest BCUT2D eigenvalue weighted by atomic mass is 9.89. The first-order chi connectivity index (χ1) is 14.1. The third-order valence-corrected chi connectivity index (χ3v) is 5.58. The lowest BCUT2D eigenvalue weighted by Gasteiger charge is -2.29. The van der Waals surface area contributed by atoms with Crippen LogP contribution in [0.1, 0.15) is 36.6 Å². The molecular weight excluding hydrogens is 368 g/mol. The van der Waals surface area contributed by atoms with Crippen LogP contribution in [0.15, 0.2) is 30.3 Å². The van der Waals surface area contributed by atoms with Crippen molar-refractivity contribution in [3.05, 3.63) is 47.0 Å². The van der Waals surface area contributed by atoms with E-state index in [1.54, 1.807) is 20.3 Å². The number of likely N-dealkylation sites (N-methyl/N-ethyl adjacent to an activating group) is 1. The van der Waals surface area contributed by atoms with Crippen LogP contribution in [0.3, 0.4) is 0 Å². The van der Waals surface area contributed by atoms with Crippen molar-refractivity contribution in [3.63, 3.8) is 0 Å². The van der Waals surface area contributed by atoms with E-state index in [-0.39, 0.29) is 11.8 Å². The maximum Gasteiger partial charge on any atom is 0.161 e. The largest absolute Gasteiger partial charge is 0.504 e. The number of benzene rings is 2. The number of nitrogens with one attached hydrogen (secondary N) is 1. The van der Waals surface area contributed by atoms with Crippen molar-refractivity contribution in [1.29, 1.82) is 0 Å². The Morgan fingerprint density at radius 1 is 1.03 bits per heavy atom. The minimum Gasteiger partial charge on any atom is -0.504 e. The Kier molecular flexibility index (Phi) is 7.23. The average Bonchev–Trinajstić information content (AvgIpc) is 2.76. The van der Waals surface area contributed by atoms with Crippen LogP contribution in [-0.4, -0.2) is 57.0 Å². The predicted octanol–water partition coefficient (Wildman–Crippen LogP) is 3.37. The Morgan fingerprint density at radius 3 is 2.48 bits per heavy atom. The van der Waals surface area contributed by atoms with Gasteiger partial charge in [0.1, 0.15) is 6.61 Å². The summed E-state index contributed by atoms with van der Waals surface area (Å²) < 4.78 is 17.0. The number of aromatic hydroxyl groups is 1. The molecule has 0 bridgehead atoms. The minimum absolute atomic E-state index is 0.00397. The second-order valence-electron chi connectivity index (χ2n) is 7.15. The normalized spacial score (nSPS) is 15.8. The Hall–Kier alpha value is -2.44. The smallest absolute Gasteiger partial charge is 0.161 e. The number of methoxy groups -OCH3 is 2. The molecule has 0 radical (unpaired) electrons. The third-order valence-electron chi connectivity index (χ3n) is 5.58. The zero-order valence-electron chi connectivity index (χ0n) is 17.8. The van der Waals surface area contributed by atoms with Crippen LogP contribution in [0.5, 0.6) is 23.0 Å². The van der Waals surface area contributed by atoms with Gasteiger partial charge in [0.2, 0.25) is 0 Å². The van der Waals surface area contributed by atoms with Gasteiger partial charge in [-0.15, -0.1) is 0 Å². The molecule has 0 saturated carbocycles. The highest BCUT2D eigenvalue weighted by molar-refractivity contribution is 5.53. The molecule has 0 saturated heterocycles. The number of hydrogen-bond donors (Lipinski definition) is 2. The number of ether oxygens (including phenoxy) is 3. The fraction of sp³-hybridized carbons (Fsp3) is 0.478. The maximum atomic E-state index is 9.94. The van der Waals surface area contributed by atoms with Gasteiger partial charge in [-0.2, -0.15) is 0 Å². The summed E-state index contributed by atoms with van der Waals surface area (Å²) in [5.74, 6) is 2.15. The molecule has 1 heterocycles. The van der Waals surface area contributed by atoms with Crippen LogP contribution >= 0.6 is 0 Å². The molecule has 0 spiro atoms. The molecule has 0 fully saturated rings. The fourth-order valence-corrected chi connectivity index (χ4v) is 3.83. The third kappa shape index (κ3) is 4.77. The highest BCUT2D eigenvalue weighted by atomic mass is 16.5. The Balaban J connectivity index is 1.89. The van der Waals surface area contributed by atoms with E-state index in [2.05, 4.69) is 36.2 Å². The highest BCUT2D eigenvalue weighted by Crippen LogP contribution is 2.39. The van der Waals surface area contributed by atoms with Crippen molar-refractivity contribution in [1.82, 2.24) is 10.2 Å². The highest BCUT2D eigenvalue weighted by Gasteiger charge is 2.25. The summed E-state index contributed by atoms with van der Waals surface area (Å²) in [7, 11) is 3.25. The van der Waals surface area contributed by atoms with Gasteiger partial charge in [-0.05, 0) is 60.5 Å². The molecule has 2 aromatic carbocycles. The van der Waals surface area contributed by atoms with E-state index in [9.17, 15) is 5.11 Å². The zero-order valence-corrected chi connectivity index (χ0v) is 17.8. The van der Waals surface area contributed by atoms with Crippen LogP contribution in [0.4, 0.5) is 0 Å². The predicted molar refractivity (Wildman–Crippen MR) is 114 cm³/mol. The van der Waals surface area contributed by atoms with E-state index >= 15 is 0 Å². The average molecular weight is 401 g/mol. The lowest BCUT2D eigenvalue weighted by molar-refractivity contribution is 0.217. The monoisotopic (exact) mass is 400 g/mol. The van der Waals surface area contributed by atoms with Gasteiger partial charge in [0, 0.05) is 13.1 Å². The summed E-state index contributed by atoms with van der Waals surface area (Å²) in [4.78, 5) is 2.33. The number of nitrogens with zero attached hydrogens (tertiary/aromatic N) is 1. The van der Waals surface area contributed by atoms with Crippen LogP contribution in [0.2, 0.25) is 0 Å². The van der Waals surface area contributed by atoms with E-state index in [0.717, 1.165) is 49.7 Å². The van der Waals surface area contributed by atoms with Crippen molar-refractivity contribution < 1.29 is 19.3 Å². The number of hydrogen-bond acceptors (Lipinski definition) is 6. The molecule has 6 nitrogen and oxygen atoms in total. The number of phenolic OH excluding ortho intramolecular Hbond substituents is 1. The van der Waals surface area contributed by atoms with Crippen molar-refractivity contribution >= 4 is 0 Å². The van der Waals surface area contributed by atoms with Gasteiger partial charge in [0.25, 0.3) is 0 Å². The van der Waals surface area contributed by atoms with E-state index in [0.29, 0.717) is 12.4 Å². The molecule has 3 rings (SSSR count). The van der Waals surface area contributed by atoms with Gasteiger partial charge in [0.05, 0.1) is 20.3 Å². The zero-order chi connectivity index (χ0) is 20.8. The first kappa shape index (κ1) is 21.3. The Bertz CT molecular complexity index is 821. The summed E-state index contributed by atoms with van der Waals surface area (Å²) in [5.41, 5.74) is 3.45. The second-order valence-corrected chi connectivity index (χ2v) is 7.15. The molecule has 6 heteroatoms. The summed E-state index contributed by atoms with van der Waals surface area (Å²) in [6, 6.07) is 9.67. The van der Waals surface area contributed by atoms with E-state index in [1.165, 1.54) is 11.1 Å². The van der Waals surface area contributed by atoms with Crippen LogP contribution < -0.4 is 19.5 Å². The molecule has 0 aromatic heterocycles. The molecule has 29 heavy (non-hydrogen) atoms. The fourth-order valence-electron chi connectivity index (χ4n) is 3.83. The first-order valence-electron chi connectivity index (χ1n) is 10.3. The molecule has 0 amide bonds. The molecule has 0 aliphatic carbocycles. The quantitative estimate of drug-likeness (QED) is 0.673. The van der Waals surface area contributed by atoms with E-state index in [4.69, 9.17) is 14.2 Å². The van der Waals surface area contributed by atoms with Crippen molar-refractivity contribution in [2.75, 3.05) is 47.0 Å². The standard InChI is InChI=1S/C23H32N2O4/c1-5-25(6-2)11-12-29-22-15-18-16(13-21(22)28-4)9-10-24-23(18)17-7-8-19(26)20(14-17)27-3/h7-8,13-15,23-24,26H,5-6,9-12H2,1-4H3. The minimum atomic E-state index is 0.00397. The summed E-state index contributed by atoms with van der Waals surface area (Å²) >= 11 is 0. The van der Waals surface area contributed by atoms with Crippen LogP contribution in [-0.2, 0) is 6.42 Å². The summed E-state index contributed by atoms with van der Waals surface area (Å²) in [6.07, 6.45) is 0.928. The number of phenols is 1. The van der Waals surface area contributed by atoms with Gasteiger partial charge in [-0.3, -0.25) is 0 Å². The number of rotatable bonds is 9. The SMILES string of the molecule is CCN(CC)CCOc1cc2c(cc1OC)CCNC2c1ccc(O)c(OC)c1. The van der Waals surface area contributed by atoms with Gasteiger partial charge < -0.3 is 29.5 Å². The topological polar surface area (TPSA) is 63.2 Å². The van der Waals surface area contributed by atoms with Crippen molar-refractivity contribution in [3.8, 4) is 23.0 Å². The molecule has 2 aromatic rings. The van der Waals surface area contributed by atoms with Crippen molar-refractivity contribution in [2.45, 2.75) is 26.3 Å². The van der Waals surface area contributed by atoms with Gasteiger partial charge in [-0.25, -0.2) is 0 Å². The van der Waals surface area contributed by atoms with E-state index < -0.39 is 0 Å². The van der Waals surface area contributed by atoms with Gasteiger partial charge in [0.15, 0.2) is 23.0 Å². The summed E-state index contributed by atoms with van der Waals surface area (Å²) in [6.45, 7) is 8.69. The molecular formula is C23H32N2O4. The molecule has 158 valence electrons. The molecule has 1 atom stereocenters. The van der Waals surface area contributed by atoms with Gasteiger partial charge >= 0.3 is 0 Å². The second kappa shape index (κ2) is 9.85. The molecule has 2 N–H and O–H groups in total. The first-order valence-corrected chi connectivity index (χ1v) is 10.3. The van der Waals surface area contributed by atoms with Crippen molar-refractivity contribution in [2.24, 2.45) is 0 Å². The van der Waals surface area contributed by atoms with Crippen LogP contribution in [0, 0.1) is 0 Å². The molecule has 1 aliphatic heterocycles. The Morgan fingerprint density at radius 2 is 1.79 bits per heavy atom. The van der Waals surface area contributed by atoms with Crippen LogP contribution in [0.25, 0.3) is 0 Å². The maximum absolute atomic E-state index is 9.94.